The van der Waals surface area contributed by atoms with Crippen molar-refractivity contribution in [2.45, 2.75) is 18.9 Å². The normalized spacial score (nSPS) is 15.5. The van der Waals surface area contributed by atoms with Gasteiger partial charge in [0.15, 0.2) is 0 Å². The van der Waals surface area contributed by atoms with E-state index in [9.17, 15) is 13.5 Å². The predicted octanol–water partition coefficient (Wildman–Crippen LogP) is 0.731. The van der Waals surface area contributed by atoms with Crippen LogP contribution in [-0.2, 0) is 15.8 Å². The summed E-state index contributed by atoms with van der Waals surface area (Å²) in [7, 11) is -3.73. The first-order valence-corrected chi connectivity index (χ1v) is 6.89. The molecule has 1 aromatic carbocycles. The van der Waals surface area contributed by atoms with Gasteiger partial charge in [0, 0.05) is 17.1 Å². The molecular weight excluding hydrogens is 264 g/mol. The summed E-state index contributed by atoms with van der Waals surface area (Å²) in [6.45, 7) is 1.61. The van der Waals surface area contributed by atoms with E-state index in [1.807, 2.05) is 0 Å². The van der Waals surface area contributed by atoms with Crippen molar-refractivity contribution in [1.82, 2.24) is 4.72 Å². The summed E-state index contributed by atoms with van der Waals surface area (Å²) in [5.74, 6) is 0. The summed E-state index contributed by atoms with van der Waals surface area (Å²) in [6, 6.07) is 6.87. The average Bonchev–Trinajstić information content (AvgIpc) is 2.15. The molecule has 96 valence electrons. The number of hydrogen-bond acceptors (Lipinski definition) is 3. The number of nitrogens with two attached hydrogens (primary N) is 1. The number of rotatable bonds is 5. The molecule has 4 N–H and O–H groups in total. The Labute approximate surface area is 106 Å². The quantitative estimate of drug-likeness (QED) is 0.741. The lowest BCUT2D eigenvalue weighted by Gasteiger charge is -2.24. The van der Waals surface area contributed by atoms with Crippen LogP contribution < -0.4 is 9.86 Å². The number of aliphatic hydroxyl groups is 1. The fourth-order valence-corrected chi connectivity index (χ4v) is 2.20. The Morgan fingerprint density at radius 1 is 1.47 bits per heavy atom. The first-order chi connectivity index (χ1) is 7.72. The maximum atomic E-state index is 10.7. The minimum Gasteiger partial charge on any atom is -0.385 e. The van der Waals surface area contributed by atoms with Gasteiger partial charge >= 0.3 is 0 Å². The van der Waals surface area contributed by atoms with E-state index in [-0.39, 0.29) is 13.0 Å². The molecule has 0 amide bonds. The van der Waals surface area contributed by atoms with Gasteiger partial charge in [0.1, 0.15) is 0 Å². The third kappa shape index (κ3) is 4.61. The van der Waals surface area contributed by atoms with Crippen molar-refractivity contribution in [2.24, 2.45) is 5.14 Å². The molecule has 0 aliphatic heterocycles. The maximum Gasteiger partial charge on any atom is 0.274 e. The number of nitrogens with one attached hydrogen (secondary N) is 1. The Balaban J connectivity index is 2.72. The van der Waals surface area contributed by atoms with Crippen molar-refractivity contribution in [2.75, 3.05) is 6.54 Å². The molecule has 1 atom stereocenters. The zero-order chi connectivity index (χ0) is 13.1. The molecule has 1 unspecified atom stereocenters. The van der Waals surface area contributed by atoms with Crippen molar-refractivity contribution in [1.29, 1.82) is 0 Å². The minimum atomic E-state index is -3.73. The van der Waals surface area contributed by atoms with Gasteiger partial charge in [-0.25, -0.2) is 9.86 Å². The summed E-state index contributed by atoms with van der Waals surface area (Å²) in [4.78, 5) is 0. The summed E-state index contributed by atoms with van der Waals surface area (Å²) >= 11 is 5.95. The smallest absolute Gasteiger partial charge is 0.274 e. The molecule has 0 spiro atoms. The fourth-order valence-electron chi connectivity index (χ4n) is 1.47. The van der Waals surface area contributed by atoms with Crippen molar-refractivity contribution < 1.29 is 13.5 Å². The van der Waals surface area contributed by atoms with Crippen LogP contribution in [0.15, 0.2) is 24.3 Å². The lowest BCUT2D eigenvalue weighted by Crippen LogP contribution is -2.35. The van der Waals surface area contributed by atoms with E-state index in [1.54, 1.807) is 31.2 Å². The summed E-state index contributed by atoms with van der Waals surface area (Å²) in [6.07, 6.45) is 0.174. The summed E-state index contributed by atoms with van der Waals surface area (Å²) in [5, 5.41) is 15.4. The molecular formula is C10H15ClN2O3S. The van der Waals surface area contributed by atoms with Crippen LogP contribution in [0.2, 0.25) is 5.02 Å². The molecule has 1 rings (SSSR count). The molecule has 0 aromatic heterocycles. The summed E-state index contributed by atoms with van der Waals surface area (Å²) in [5.41, 5.74) is -0.659. The summed E-state index contributed by atoms with van der Waals surface area (Å²) < 4.78 is 23.5. The zero-order valence-electron chi connectivity index (χ0n) is 9.35. The molecule has 0 saturated carbocycles. The van der Waals surface area contributed by atoms with Gasteiger partial charge in [0.25, 0.3) is 10.2 Å². The Morgan fingerprint density at radius 3 is 2.59 bits per heavy atom. The molecule has 17 heavy (non-hydrogen) atoms. The Hall–Kier alpha value is -0.660. The molecule has 0 radical (unpaired) electrons. The molecule has 0 aliphatic rings. The minimum absolute atomic E-state index is 0.0387. The van der Waals surface area contributed by atoms with Gasteiger partial charge < -0.3 is 5.11 Å². The van der Waals surface area contributed by atoms with Gasteiger partial charge in [0.05, 0.1) is 5.60 Å². The molecule has 0 heterocycles. The third-order valence-corrected chi connectivity index (χ3v) is 3.31. The second-order valence-electron chi connectivity index (χ2n) is 3.94. The van der Waals surface area contributed by atoms with E-state index in [1.165, 1.54) is 0 Å². The first kappa shape index (κ1) is 14.4. The highest BCUT2D eigenvalue weighted by molar-refractivity contribution is 7.87. The lowest BCUT2D eigenvalue weighted by molar-refractivity contribution is 0.0496. The third-order valence-electron chi connectivity index (χ3n) is 2.37. The van der Waals surface area contributed by atoms with E-state index in [4.69, 9.17) is 16.7 Å². The van der Waals surface area contributed by atoms with Crippen LogP contribution in [0.4, 0.5) is 0 Å². The Morgan fingerprint density at radius 2 is 2.06 bits per heavy atom. The fraction of sp³-hybridized carbons (Fsp3) is 0.400. The average molecular weight is 279 g/mol. The van der Waals surface area contributed by atoms with Crippen LogP contribution >= 0.6 is 11.6 Å². The largest absolute Gasteiger partial charge is 0.385 e. The number of benzene rings is 1. The molecule has 0 saturated heterocycles. The van der Waals surface area contributed by atoms with E-state index in [0.29, 0.717) is 10.6 Å². The van der Waals surface area contributed by atoms with Crippen LogP contribution in [0.25, 0.3) is 0 Å². The van der Waals surface area contributed by atoms with Gasteiger partial charge in [-0.15, -0.1) is 0 Å². The highest BCUT2D eigenvalue weighted by Crippen LogP contribution is 2.29. The van der Waals surface area contributed by atoms with Crippen LogP contribution in [-0.4, -0.2) is 20.1 Å². The van der Waals surface area contributed by atoms with Crippen LogP contribution in [0.5, 0.6) is 0 Å². The first-order valence-electron chi connectivity index (χ1n) is 4.97. The highest BCUT2D eigenvalue weighted by Gasteiger charge is 2.25. The number of hydrogen-bond donors (Lipinski definition) is 3. The second kappa shape index (κ2) is 5.32. The zero-order valence-corrected chi connectivity index (χ0v) is 10.9. The maximum absolute atomic E-state index is 10.7. The standard InChI is InChI=1S/C10H15ClN2O3S/c1-10(14,6-7-13-17(12,15)16)8-4-2-3-5-9(8)11/h2-5,13-14H,6-7H2,1H3,(H2,12,15,16). The van der Waals surface area contributed by atoms with Crippen molar-refractivity contribution in [3.63, 3.8) is 0 Å². The van der Waals surface area contributed by atoms with E-state index < -0.39 is 15.8 Å². The van der Waals surface area contributed by atoms with Gasteiger partial charge in [-0.1, -0.05) is 29.8 Å². The van der Waals surface area contributed by atoms with Gasteiger partial charge in [-0.3, -0.25) is 0 Å². The van der Waals surface area contributed by atoms with Gasteiger partial charge in [-0.05, 0) is 19.4 Å². The van der Waals surface area contributed by atoms with E-state index in [2.05, 4.69) is 4.72 Å². The van der Waals surface area contributed by atoms with Crippen molar-refractivity contribution >= 4 is 21.8 Å². The van der Waals surface area contributed by atoms with Crippen LogP contribution in [0.1, 0.15) is 18.9 Å². The monoisotopic (exact) mass is 278 g/mol. The predicted molar refractivity (Wildman–Crippen MR) is 66.7 cm³/mol. The lowest BCUT2D eigenvalue weighted by atomic mass is 9.93. The molecule has 0 bridgehead atoms. The van der Waals surface area contributed by atoms with E-state index >= 15 is 0 Å². The van der Waals surface area contributed by atoms with Crippen LogP contribution in [0, 0.1) is 0 Å². The highest BCUT2D eigenvalue weighted by atomic mass is 35.5. The second-order valence-corrected chi connectivity index (χ2v) is 5.73. The van der Waals surface area contributed by atoms with Crippen LogP contribution in [0.3, 0.4) is 0 Å². The Kier molecular flexibility index (Phi) is 4.51. The SMILES string of the molecule is CC(O)(CCNS(N)(=O)=O)c1ccccc1Cl. The Bertz CT molecular complexity index is 488. The van der Waals surface area contributed by atoms with Crippen molar-refractivity contribution in [3.8, 4) is 0 Å². The number of halogens is 1. The van der Waals surface area contributed by atoms with Crippen molar-refractivity contribution in [3.05, 3.63) is 34.9 Å². The van der Waals surface area contributed by atoms with Gasteiger partial charge in [-0.2, -0.15) is 8.42 Å². The topological polar surface area (TPSA) is 92.4 Å². The molecule has 0 fully saturated rings. The molecule has 1 aromatic rings. The molecule has 7 heteroatoms. The molecule has 0 aliphatic carbocycles. The molecule has 5 nitrogen and oxygen atoms in total. The van der Waals surface area contributed by atoms with Gasteiger partial charge in [0.2, 0.25) is 0 Å². The van der Waals surface area contributed by atoms with E-state index in [0.717, 1.165) is 0 Å².